The maximum Gasteiger partial charge on any atom is 0.119 e. The van der Waals surface area contributed by atoms with E-state index in [1.54, 1.807) is 7.11 Å². The molecule has 84 valence electrons. The lowest BCUT2D eigenvalue weighted by atomic mass is 10.2. The van der Waals surface area contributed by atoms with Crippen LogP contribution in [0.5, 0.6) is 5.75 Å². The first-order chi connectivity index (χ1) is 7.88. The SMILES string of the molecule is COc1cccc(CNCc2ccc[nH]2)c1. The van der Waals surface area contributed by atoms with Gasteiger partial charge >= 0.3 is 0 Å². The number of hydrogen-bond donors (Lipinski definition) is 2. The molecule has 3 nitrogen and oxygen atoms in total. The summed E-state index contributed by atoms with van der Waals surface area (Å²) >= 11 is 0. The van der Waals surface area contributed by atoms with Crippen molar-refractivity contribution in [1.82, 2.24) is 10.3 Å². The highest BCUT2D eigenvalue weighted by Crippen LogP contribution is 2.12. The van der Waals surface area contributed by atoms with Crippen molar-refractivity contribution < 1.29 is 4.74 Å². The van der Waals surface area contributed by atoms with Crippen LogP contribution in [0.2, 0.25) is 0 Å². The summed E-state index contributed by atoms with van der Waals surface area (Å²) in [5.41, 5.74) is 2.42. The molecule has 0 amide bonds. The minimum atomic E-state index is 0.843. The molecule has 1 heterocycles. The predicted molar refractivity (Wildman–Crippen MR) is 64.3 cm³/mol. The van der Waals surface area contributed by atoms with E-state index in [1.165, 1.54) is 11.3 Å². The number of nitrogens with one attached hydrogen (secondary N) is 2. The lowest BCUT2D eigenvalue weighted by molar-refractivity contribution is 0.414. The summed E-state index contributed by atoms with van der Waals surface area (Å²) in [4.78, 5) is 3.16. The molecule has 0 fully saturated rings. The van der Waals surface area contributed by atoms with Gasteiger partial charge in [-0.25, -0.2) is 0 Å². The minimum absolute atomic E-state index is 0.843. The molecule has 0 saturated carbocycles. The number of aromatic amines is 1. The van der Waals surface area contributed by atoms with Gasteiger partial charge in [-0.2, -0.15) is 0 Å². The van der Waals surface area contributed by atoms with Crippen LogP contribution in [0.3, 0.4) is 0 Å². The van der Waals surface area contributed by atoms with Crippen molar-refractivity contribution in [3.63, 3.8) is 0 Å². The van der Waals surface area contributed by atoms with E-state index in [1.807, 2.05) is 30.5 Å². The van der Waals surface area contributed by atoms with Crippen LogP contribution < -0.4 is 10.1 Å². The Balaban J connectivity index is 1.85. The average molecular weight is 216 g/mol. The van der Waals surface area contributed by atoms with Gasteiger partial charge in [-0.05, 0) is 29.8 Å². The van der Waals surface area contributed by atoms with Crippen LogP contribution in [-0.2, 0) is 13.1 Å². The van der Waals surface area contributed by atoms with Crippen LogP contribution in [0, 0.1) is 0 Å². The first kappa shape index (κ1) is 10.8. The second kappa shape index (κ2) is 5.37. The Bertz CT molecular complexity index is 423. The second-order valence-electron chi connectivity index (χ2n) is 3.65. The normalized spacial score (nSPS) is 10.3. The zero-order valence-corrected chi connectivity index (χ0v) is 9.36. The van der Waals surface area contributed by atoms with Gasteiger partial charge in [0.05, 0.1) is 7.11 Å². The van der Waals surface area contributed by atoms with E-state index >= 15 is 0 Å². The van der Waals surface area contributed by atoms with Gasteiger partial charge in [0.15, 0.2) is 0 Å². The van der Waals surface area contributed by atoms with Gasteiger partial charge in [0.25, 0.3) is 0 Å². The number of methoxy groups -OCH3 is 1. The highest BCUT2D eigenvalue weighted by atomic mass is 16.5. The standard InChI is InChI=1S/C13H16N2O/c1-16-13-6-2-4-11(8-13)9-14-10-12-5-3-7-15-12/h2-8,14-15H,9-10H2,1H3. The molecular weight excluding hydrogens is 200 g/mol. The quantitative estimate of drug-likeness (QED) is 0.804. The lowest BCUT2D eigenvalue weighted by Crippen LogP contribution is -2.12. The van der Waals surface area contributed by atoms with Gasteiger partial charge in [0, 0.05) is 25.0 Å². The molecule has 0 aliphatic carbocycles. The molecule has 1 aromatic carbocycles. The molecule has 0 bridgehead atoms. The summed E-state index contributed by atoms with van der Waals surface area (Å²) in [5.74, 6) is 0.902. The predicted octanol–water partition coefficient (Wildman–Crippen LogP) is 2.31. The summed E-state index contributed by atoms with van der Waals surface area (Å²) in [5, 5.41) is 3.37. The summed E-state index contributed by atoms with van der Waals surface area (Å²) in [7, 11) is 1.69. The molecule has 3 heteroatoms. The number of H-pyrrole nitrogens is 1. The number of benzene rings is 1. The average Bonchev–Trinajstić information content (AvgIpc) is 2.82. The zero-order valence-electron chi connectivity index (χ0n) is 9.36. The highest BCUT2D eigenvalue weighted by molar-refractivity contribution is 5.28. The van der Waals surface area contributed by atoms with Gasteiger partial charge in [-0.3, -0.25) is 0 Å². The number of aromatic nitrogens is 1. The first-order valence-electron chi connectivity index (χ1n) is 5.34. The number of rotatable bonds is 5. The third-order valence-corrected chi connectivity index (χ3v) is 2.44. The second-order valence-corrected chi connectivity index (χ2v) is 3.65. The van der Waals surface area contributed by atoms with Crippen LogP contribution in [0.25, 0.3) is 0 Å². The molecule has 0 aliphatic rings. The van der Waals surface area contributed by atoms with E-state index in [2.05, 4.69) is 22.4 Å². The molecule has 0 saturated heterocycles. The third-order valence-electron chi connectivity index (χ3n) is 2.44. The van der Waals surface area contributed by atoms with Crippen molar-refractivity contribution >= 4 is 0 Å². The van der Waals surface area contributed by atoms with Crippen LogP contribution >= 0.6 is 0 Å². The van der Waals surface area contributed by atoms with E-state index in [9.17, 15) is 0 Å². The van der Waals surface area contributed by atoms with Crippen LogP contribution in [0.15, 0.2) is 42.6 Å². The Hall–Kier alpha value is -1.74. The minimum Gasteiger partial charge on any atom is -0.497 e. The molecular formula is C13H16N2O. The molecule has 2 N–H and O–H groups in total. The Kier molecular flexibility index (Phi) is 3.62. The Labute approximate surface area is 95.5 Å². The van der Waals surface area contributed by atoms with Gasteiger partial charge in [-0.1, -0.05) is 12.1 Å². The first-order valence-corrected chi connectivity index (χ1v) is 5.34. The molecule has 0 unspecified atom stereocenters. The van der Waals surface area contributed by atoms with Crippen molar-refractivity contribution in [3.8, 4) is 5.75 Å². The summed E-state index contributed by atoms with van der Waals surface area (Å²) in [6.45, 7) is 1.69. The van der Waals surface area contributed by atoms with Crippen LogP contribution in [-0.4, -0.2) is 12.1 Å². The van der Waals surface area contributed by atoms with E-state index in [0.29, 0.717) is 0 Å². The van der Waals surface area contributed by atoms with Crippen molar-refractivity contribution in [2.75, 3.05) is 7.11 Å². The largest absolute Gasteiger partial charge is 0.497 e. The highest BCUT2D eigenvalue weighted by Gasteiger charge is 1.96. The van der Waals surface area contributed by atoms with Crippen LogP contribution in [0.4, 0.5) is 0 Å². The number of ether oxygens (including phenoxy) is 1. The van der Waals surface area contributed by atoms with Crippen LogP contribution in [0.1, 0.15) is 11.3 Å². The van der Waals surface area contributed by atoms with E-state index < -0.39 is 0 Å². The Morgan fingerprint density at radius 3 is 2.88 bits per heavy atom. The van der Waals surface area contributed by atoms with E-state index in [0.717, 1.165) is 18.8 Å². The van der Waals surface area contributed by atoms with Crippen molar-refractivity contribution in [2.24, 2.45) is 0 Å². The molecule has 16 heavy (non-hydrogen) atoms. The third kappa shape index (κ3) is 2.87. The Morgan fingerprint density at radius 2 is 2.12 bits per heavy atom. The molecule has 0 spiro atoms. The van der Waals surface area contributed by atoms with Gasteiger partial charge in [0.2, 0.25) is 0 Å². The fourth-order valence-electron chi connectivity index (χ4n) is 1.60. The molecule has 2 rings (SSSR count). The molecule has 0 aliphatic heterocycles. The fraction of sp³-hybridized carbons (Fsp3) is 0.231. The maximum atomic E-state index is 5.17. The molecule has 1 aromatic heterocycles. The maximum absolute atomic E-state index is 5.17. The van der Waals surface area contributed by atoms with Gasteiger partial charge in [-0.15, -0.1) is 0 Å². The van der Waals surface area contributed by atoms with Gasteiger partial charge in [0.1, 0.15) is 5.75 Å². The summed E-state index contributed by atoms with van der Waals surface area (Å²) < 4.78 is 5.17. The Morgan fingerprint density at radius 1 is 1.19 bits per heavy atom. The van der Waals surface area contributed by atoms with Crippen molar-refractivity contribution in [1.29, 1.82) is 0 Å². The fourth-order valence-corrected chi connectivity index (χ4v) is 1.60. The molecule has 0 atom stereocenters. The summed E-state index contributed by atoms with van der Waals surface area (Å²) in [6, 6.07) is 12.2. The smallest absolute Gasteiger partial charge is 0.119 e. The topological polar surface area (TPSA) is 37.0 Å². The van der Waals surface area contributed by atoms with Gasteiger partial charge < -0.3 is 15.0 Å². The van der Waals surface area contributed by atoms with Crippen molar-refractivity contribution in [3.05, 3.63) is 53.9 Å². The molecule has 0 radical (unpaired) electrons. The van der Waals surface area contributed by atoms with Crippen molar-refractivity contribution in [2.45, 2.75) is 13.1 Å². The van der Waals surface area contributed by atoms with E-state index in [4.69, 9.17) is 4.74 Å². The monoisotopic (exact) mass is 216 g/mol. The molecule has 2 aromatic rings. The summed E-state index contributed by atoms with van der Waals surface area (Å²) in [6.07, 6.45) is 1.93. The van der Waals surface area contributed by atoms with E-state index in [-0.39, 0.29) is 0 Å². The lowest BCUT2D eigenvalue weighted by Gasteiger charge is -2.05. The number of hydrogen-bond acceptors (Lipinski definition) is 2. The zero-order chi connectivity index (χ0) is 11.2.